The van der Waals surface area contributed by atoms with Gasteiger partial charge >= 0.3 is 11.6 Å². The summed E-state index contributed by atoms with van der Waals surface area (Å²) in [6.07, 6.45) is 0.0288. The first-order chi connectivity index (χ1) is 18.6. The van der Waals surface area contributed by atoms with Crippen molar-refractivity contribution in [3.05, 3.63) is 69.6 Å². The maximum absolute atomic E-state index is 12.9. The lowest BCUT2D eigenvalue weighted by Crippen LogP contribution is -2.41. The van der Waals surface area contributed by atoms with Crippen molar-refractivity contribution in [1.29, 1.82) is 0 Å². The number of phenolic OH excluding ortho intramolecular Hbond substituents is 1. The van der Waals surface area contributed by atoms with Gasteiger partial charge in [-0.3, -0.25) is 0 Å². The maximum atomic E-state index is 12.9. The van der Waals surface area contributed by atoms with Gasteiger partial charge in [0.1, 0.15) is 28.9 Å². The van der Waals surface area contributed by atoms with E-state index in [-0.39, 0.29) is 35.3 Å². The number of phenols is 1. The number of carbonyl (C=O) groups is 1. The van der Waals surface area contributed by atoms with Gasteiger partial charge in [-0.05, 0) is 64.1 Å². The van der Waals surface area contributed by atoms with Crippen molar-refractivity contribution < 1.29 is 43.8 Å². The van der Waals surface area contributed by atoms with E-state index in [1.165, 1.54) is 60.1 Å². The van der Waals surface area contributed by atoms with E-state index in [1.807, 2.05) is 0 Å². The second-order valence-electron chi connectivity index (χ2n) is 10.6. The number of hydrogen-bond donors (Lipinski definition) is 4. The van der Waals surface area contributed by atoms with Crippen LogP contribution in [0.4, 0.5) is 0 Å². The molecule has 2 unspecified atom stereocenters. The molecule has 0 amide bonds. The molecule has 2 aromatic carbocycles. The molecule has 0 fully saturated rings. The minimum Gasteiger partial charge on any atom is -0.507 e. The summed E-state index contributed by atoms with van der Waals surface area (Å²) < 4.78 is 21.7. The van der Waals surface area contributed by atoms with E-state index in [9.17, 15) is 30.0 Å². The lowest BCUT2D eigenvalue weighted by atomic mass is 9.93. The zero-order valence-corrected chi connectivity index (χ0v) is 23.4. The van der Waals surface area contributed by atoms with Crippen LogP contribution in [0, 0.1) is 0 Å². The molecule has 10 heteroatoms. The second kappa shape index (κ2) is 12.1. The van der Waals surface area contributed by atoms with Crippen molar-refractivity contribution in [2.45, 2.75) is 63.9 Å². The average Bonchev–Trinajstić information content (AvgIpc) is 2.87. The number of rotatable bonds is 11. The van der Waals surface area contributed by atoms with Crippen LogP contribution in [0.2, 0.25) is 0 Å². The van der Waals surface area contributed by atoms with E-state index in [1.54, 1.807) is 24.3 Å². The fraction of sp³-hybridized carbons (Fsp3) is 0.400. The molecule has 0 aliphatic carbocycles. The molecule has 0 aliphatic heterocycles. The van der Waals surface area contributed by atoms with E-state index in [0.29, 0.717) is 22.4 Å². The minimum absolute atomic E-state index is 0.0245. The van der Waals surface area contributed by atoms with Gasteiger partial charge in [0.2, 0.25) is 0 Å². The topological polar surface area (TPSA) is 156 Å². The molecule has 3 rings (SSSR count). The lowest BCUT2D eigenvalue weighted by molar-refractivity contribution is -0.155. The Kier molecular flexibility index (Phi) is 9.29. The minimum atomic E-state index is -1.49. The molecule has 3 aromatic rings. The summed E-state index contributed by atoms with van der Waals surface area (Å²) in [5.41, 5.74) is -2.26. The predicted octanol–water partition coefficient (Wildman–Crippen LogP) is 3.13. The molecule has 10 nitrogen and oxygen atoms in total. The van der Waals surface area contributed by atoms with E-state index in [4.69, 9.17) is 18.6 Å². The molecular weight excluding hydrogens is 520 g/mol. The standard InChI is InChI=1S/C30H36O10/c1-29(2,35)23(31)15-19-21(37-5)11-7-17(27(19)34)9-13-25(32)39-24(30(3,4)36)16-20-22(38-6)12-8-18-10-14-26(33)40-28(18)20/h7-14,23-24,31,34-36H,15-16H2,1-6H3/b13-9+. The first-order valence-corrected chi connectivity index (χ1v) is 12.7. The van der Waals surface area contributed by atoms with E-state index < -0.39 is 35.0 Å². The molecule has 216 valence electrons. The molecule has 40 heavy (non-hydrogen) atoms. The Morgan fingerprint density at radius 3 is 2.12 bits per heavy atom. The smallest absolute Gasteiger partial charge is 0.336 e. The molecule has 0 aliphatic rings. The molecule has 1 heterocycles. The van der Waals surface area contributed by atoms with Crippen molar-refractivity contribution in [3.63, 3.8) is 0 Å². The van der Waals surface area contributed by atoms with Crippen molar-refractivity contribution in [2.24, 2.45) is 0 Å². The van der Waals surface area contributed by atoms with Gasteiger partial charge in [-0.15, -0.1) is 0 Å². The van der Waals surface area contributed by atoms with Gasteiger partial charge in [-0.25, -0.2) is 9.59 Å². The number of aromatic hydroxyl groups is 1. The van der Waals surface area contributed by atoms with Crippen molar-refractivity contribution in [1.82, 2.24) is 0 Å². The van der Waals surface area contributed by atoms with Gasteiger partial charge in [-0.1, -0.05) is 0 Å². The highest BCUT2D eigenvalue weighted by molar-refractivity contribution is 5.88. The van der Waals surface area contributed by atoms with E-state index in [2.05, 4.69) is 0 Å². The van der Waals surface area contributed by atoms with Gasteiger partial charge in [0.05, 0.1) is 31.5 Å². The number of ether oxygens (including phenoxy) is 3. The fourth-order valence-corrected chi connectivity index (χ4v) is 4.12. The Bertz CT molecular complexity index is 1440. The summed E-state index contributed by atoms with van der Waals surface area (Å²) >= 11 is 0. The number of esters is 1. The Balaban J connectivity index is 1.89. The zero-order valence-electron chi connectivity index (χ0n) is 23.4. The van der Waals surface area contributed by atoms with Gasteiger partial charge < -0.3 is 39.1 Å². The third kappa shape index (κ3) is 7.20. The molecule has 0 spiro atoms. The third-order valence-electron chi connectivity index (χ3n) is 6.61. The molecule has 0 saturated carbocycles. The highest BCUT2D eigenvalue weighted by Crippen LogP contribution is 2.35. The van der Waals surface area contributed by atoms with Crippen LogP contribution in [-0.4, -0.2) is 64.0 Å². The third-order valence-corrected chi connectivity index (χ3v) is 6.61. The summed E-state index contributed by atoms with van der Waals surface area (Å²) in [5, 5.41) is 42.8. The summed E-state index contributed by atoms with van der Waals surface area (Å²) in [6, 6.07) is 9.41. The SMILES string of the molecule is COc1ccc(/C=C/C(=O)OC(Cc2c(OC)ccc3ccc(=O)oc23)C(C)(C)O)c(O)c1CC(O)C(C)(C)O. The number of hydrogen-bond acceptors (Lipinski definition) is 10. The molecule has 2 atom stereocenters. The van der Waals surface area contributed by atoms with E-state index in [0.717, 1.165) is 6.08 Å². The van der Waals surface area contributed by atoms with Crippen LogP contribution in [0.25, 0.3) is 17.0 Å². The highest BCUT2D eigenvalue weighted by Gasteiger charge is 2.32. The average molecular weight is 557 g/mol. The Hall–Kier alpha value is -3.86. The zero-order chi connectivity index (χ0) is 29.8. The van der Waals surface area contributed by atoms with Crippen LogP contribution < -0.4 is 15.1 Å². The summed E-state index contributed by atoms with van der Waals surface area (Å²) in [5.74, 6) is -0.340. The number of carbonyl (C=O) groups excluding carboxylic acids is 1. The lowest BCUT2D eigenvalue weighted by Gasteiger charge is -2.29. The number of fused-ring (bicyclic) bond motifs is 1. The fourth-order valence-electron chi connectivity index (χ4n) is 4.12. The second-order valence-corrected chi connectivity index (χ2v) is 10.6. The van der Waals surface area contributed by atoms with Crippen molar-refractivity contribution in [2.75, 3.05) is 14.2 Å². The van der Waals surface area contributed by atoms with E-state index >= 15 is 0 Å². The Morgan fingerprint density at radius 2 is 1.52 bits per heavy atom. The van der Waals surface area contributed by atoms with Gasteiger partial charge in [-0.2, -0.15) is 0 Å². The summed E-state index contributed by atoms with van der Waals surface area (Å²) in [6.45, 7) is 5.86. The van der Waals surface area contributed by atoms with Crippen LogP contribution in [0.15, 0.2) is 51.7 Å². The summed E-state index contributed by atoms with van der Waals surface area (Å²) in [4.78, 5) is 24.8. The normalized spacial score (nSPS) is 13.8. The largest absolute Gasteiger partial charge is 0.507 e. The number of methoxy groups -OCH3 is 2. The number of aliphatic hydroxyl groups excluding tert-OH is 1. The number of aliphatic hydroxyl groups is 3. The maximum Gasteiger partial charge on any atom is 0.336 e. The Labute approximate surface area is 232 Å². The molecule has 1 aromatic heterocycles. The van der Waals surface area contributed by atoms with Crippen LogP contribution >= 0.6 is 0 Å². The van der Waals surface area contributed by atoms with Gasteiger partial charge in [0.15, 0.2) is 0 Å². The molecule has 0 bridgehead atoms. The molecule has 0 radical (unpaired) electrons. The van der Waals surface area contributed by atoms with Crippen LogP contribution in [0.5, 0.6) is 17.2 Å². The van der Waals surface area contributed by atoms with Crippen LogP contribution in [0.1, 0.15) is 44.4 Å². The van der Waals surface area contributed by atoms with Crippen LogP contribution in [0.3, 0.4) is 0 Å². The first-order valence-electron chi connectivity index (χ1n) is 12.7. The predicted molar refractivity (Wildman–Crippen MR) is 149 cm³/mol. The molecular formula is C30H36O10. The number of benzene rings is 2. The van der Waals surface area contributed by atoms with Crippen molar-refractivity contribution >= 4 is 23.0 Å². The monoisotopic (exact) mass is 556 g/mol. The first kappa shape index (κ1) is 30.7. The van der Waals surface area contributed by atoms with Gasteiger partial charge in [0, 0.05) is 47.1 Å². The molecule has 0 saturated heterocycles. The highest BCUT2D eigenvalue weighted by atomic mass is 16.6. The van der Waals surface area contributed by atoms with Crippen molar-refractivity contribution in [3.8, 4) is 17.2 Å². The summed E-state index contributed by atoms with van der Waals surface area (Å²) in [7, 11) is 2.87. The molecule has 4 N–H and O–H groups in total. The Morgan fingerprint density at radius 1 is 0.925 bits per heavy atom. The van der Waals surface area contributed by atoms with Crippen LogP contribution in [-0.2, 0) is 22.4 Å². The quantitative estimate of drug-likeness (QED) is 0.157. The van der Waals surface area contributed by atoms with Gasteiger partial charge in [0.25, 0.3) is 0 Å².